The van der Waals surface area contributed by atoms with Crippen LogP contribution in [0, 0.1) is 24.1 Å². The van der Waals surface area contributed by atoms with Crippen LogP contribution in [0.3, 0.4) is 0 Å². The molecule has 1 unspecified atom stereocenters. The number of nitrogens with zero attached hydrogens (tertiary/aromatic N) is 1. The van der Waals surface area contributed by atoms with E-state index in [1.54, 1.807) is 6.07 Å². The first-order valence-electron chi connectivity index (χ1n) is 6.69. The quantitative estimate of drug-likeness (QED) is 0.894. The van der Waals surface area contributed by atoms with E-state index < -0.39 is 5.54 Å². The van der Waals surface area contributed by atoms with Crippen molar-refractivity contribution in [3.05, 3.63) is 65.0 Å². The van der Waals surface area contributed by atoms with Gasteiger partial charge in [0, 0.05) is 5.69 Å². The number of benzene rings is 2. The summed E-state index contributed by atoms with van der Waals surface area (Å²) in [7, 11) is 0. The van der Waals surface area contributed by atoms with E-state index in [0.717, 1.165) is 16.8 Å². The summed E-state index contributed by atoms with van der Waals surface area (Å²) in [6, 6.07) is 15.2. The first-order chi connectivity index (χ1) is 9.64. The van der Waals surface area contributed by atoms with Crippen LogP contribution in [-0.4, -0.2) is 0 Å². The van der Waals surface area contributed by atoms with E-state index in [-0.39, 0.29) is 5.82 Å². The Morgan fingerprint density at radius 2 is 2.05 bits per heavy atom. The highest BCUT2D eigenvalue weighted by molar-refractivity contribution is 5.56. The Kier molecular flexibility index (Phi) is 2.94. The molecule has 0 aromatic heterocycles. The molecule has 0 aliphatic heterocycles. The second kappa shape index (κ2) is 4.64. The zero-order chi connectivity index (χ0) is 14.2. The van der Waals surface area contributed by atoms with E-state index in [1.165, 1.54) is 6.07 Å². The molecule has 100 valence electrons. The third-order valence-corrected chi connectivity index (χ3v) is 3.90. The number of halogens is 1. The molecule has 0 spiro atoms. The van der Waals surface area contributed by atoms with Crippen LogP contribution in [0.15, 0.2) is 42.5 Å². The molecule has 0 saturated carbocycles. The molecule has 0 amide bonds. The van der Waals surface area contributed by atoms with Crippen LogP contribution in [0.5, 0.6) is 0 Å². The number of nitrogens with one attached hydrogen (secondary N) is 1. The number of anilines is 1. The van der Waals surface area contributed by atoms with Crippen LogP contribution < -0.4 is 5.32 Å². The monoisotopic (exact) mass is 266 g/mol. The van der Waals surface area contributed by atoms with Crippen molar-refractivity contribution in [1.82, 2.24) is 0 Å². The second-order valence-corrected chi connectivity index (χ2v) is 5.28. The average Bonchev–Trinajstić information content (AvgIpc) is 2.80. The molecule has 0 heterocycles. The summed E-state index contributed by atoms with van der Waals surface area (Å²) in [5.74, 6) is -0.217. The lowest BCUT2D eigenvalue weighted by Crippen LogP contribution is -2.31. The minimum atomic E-state index is -0.828. The van der Waals surface area contributed by atoms with Crippen LogP contribution in [-0.2, 0) is 12.0 Å². The molecule has 1 aliphatic rings. The van der Waals surface area contributed by atoms with Gasteiger partial charge in [-0.15, -0.1) is 0 Å². The number of fused-ring (bicyclic) bond motifs is 1. The van der Waals surface area contributed by atoms with Crippen molar-refractivity contribution in [3.8, 4) is 6.07 Å². The standard InChI is InChI=1S/C17H15FN2/c1-12-4-2-5-13(10-12)20-17(11-19)9-8-14-15(17)6-3-7-16(14)18/h2-7,10,20H,8-9H2,1H3. The van der Waals surface area contributed by atoms with Crippen LogP contribution in [0.2, 0.25) is 0 Å². The van der Waals surface area contributed by atoms with Gasteiger partial charge in [-0.1, -0.05) is 24.3 Å². The largest absolute Gasteiger partial charge is 0.364 e. The second-order valence-electron chi connectivity index (χ2n) is 5.28. The van der Waals surface area contributed by atoms with Gasteiger partial charge in [-0.2, -0.15) is 5.26 Å². The summed E-state index contributed by atoms with van der Waals surface area (Å²) in [6.45, 7) is 2.01. The fourth-order valence-electron chi connectivity index (χ4n) is 2.90. The number of aryl methyl sites for hydroxylation is 1. The van der Waals surface area contributed by atoms with Gasteiger partial charge in [-0.3, -0.25) is 0 Å². The number of hydrogen-bond donors (Lipinski definition) is 1. The van der Waals surface area contributed by atoms with Crippen LogP contribution >= 0.6 is 0 Å². The molecule has 1 aliphatic carbocycles. The molecular formula is C17H15FN2. The first-order valence-corrected chi connectivity index (χ1v) is 6.69. The molecule has 1 N–H and O–H groups in total. The molecule has 2 aromatic rings. The maximum atomic E-state index is 13.8. The Morgan fingerprint density at radius 3 is 2.80 bits per heavy atom. The lowest BCUT2D eigenvalue weighted by Gasteiger charge is -2.25. The molecule has 2 aromatic carbocycles. The first kappa shape index (κ1) is 12.7. The zero-order valence-corrected chi connectivity index (χ0v) is 11.3. The van der Waals surface area contributed by atoms with Gasteiger partial charge >= 0.3 is 0 Å². The molecule has 3 rings (SSSR count). The summed E-state index contributed by atoms with van der Waals surface area (Å²) < 4.78 is 13.8. The smallest absolute Gasteiger partial charge is 0.151 e. The maximum Gasteiger partial charge on any atom is 0.151 e. The van der Waals surface area contributed by atoms with Crippen molar-refractivity contribution in [2.45, 2.75) is 25.3 Å². The fourth-order valence-corrected chi connectivity index (χ4v) is 2.90. The van der Waals surface area contributed by atoms with Crippen LogP contribution in [0.1, 0.15) is 23.1 Å². The molecule has 0 fully saturated rings. The van der Waals surface area contributed by atoms with Gasteiger partial charge in [-0.25, -0.2) is 4.39 Å². The van der Waals surface area contributed by atoms with Crippen LogP contribution in [0.4, 0.5) is 10.1 Å². The summed E-state index contributed by atoms with van der Waals surface area (Å²) >= 11 is 0. The molecule has 0 saturated heterocycles. The Balaban J connectivity index is 2.04. The Morgan fingerprint density at radius 1 is 1.25 bits per heavy atom. The molecule has 0 bridgehead atoms. The van der Waals surface area contributed by atoms with E-state index in [9.17, 15) is 9.65 Å². The van der Waals surface area contributed by atoms with Crippen molar-refractivity contribution in [1.29, 1.82) is 5.26 Å². The van der Waals surface area contributed by atoms with E-state index >= 15 is 0 Å². The SMILES string of the molecule is Cc1cccc(NC2(C#N)CCc3c(F)cccc32)c1. The predicted molar refractivity (Wildman–Crippen MR) is 76.8 cm³/mol. The molecule has 2 nitrogen and oxygen atoms in total. The lowest BCUT2D eigenvalue weighted by molar-refractivity contribution is 0.609. The summed E-state index contributed by atoms with van der Waals surface area (Å²) in [5.41, 5.74) is 2.62. The van der Waals surface area contributed by atoms with Crippen molar-refractivity contribution in [3.63, 3.8) is 0 Å². The highest BCUT2D eigenvalue weighted by Crippen LogP contribution is 2.40. The number of hydrogen-bond acceptors (Lipinski definition) is 2. The van der Waals surface area contributed by atoms with E-state index in [0.29, 0.717) is 18.4 Å². The fraction of sp³-hybridized carbons (Fsp3) is 0.235. The third kappa shape index (κ3) is 1.94. The predicted octanol–water partition coefficient (Wildman–Crippen LogP) is 3.91. The molecule has 3 heteroatoms. The van der Waals surface area contributed by atoms with Crippen LogP contribution in [0.25, 0.3) is 0 Å². The van der Waals surface area contributed by atoms with Crippen molar-refractivity contribution in [2.75, 3.05) is 5.32 Å². The molecule has 1 atom stereocenters. The van der Waals surface area contributed by atoms with E-state index in [4.69, 9.17) is 0 Å². The average molecular weight is 266 g/mol. The Hall–Kier alpha value is -2.34. The van der Waals surface area contributed by atoms with E-state index in [1.807, 2.05) is 37.3 Å². The van der Waals surface area contributed by atoms with Gasteiger partial charge in [-0.05, 0) is 54.7 Å². The highest BCUT2D eigenvalue weighted by atomic mass is 19.1. The zero-order valence-electron chi connectivity index (χ0n) is 11.3. The lowest BCUT2D eigenvalue weighted by atomic mass is 9.93. The number of rotatable bonds is 2. The minimum Gasteiger partial charge on any atom is -0.364 e. The highest BCUT2D eigenvalue weighted by Gasteiger charge is 2.40. The van der Waals surface area contributed by atoms with Crippen molar-refractivity contribution < 1.29 is 4.39 Å². The van der Waals surface area contributed by atoms with Gasteiger partial charge < -0.3 is 5.32 Å². The van der Waals surface area contributed by atoms with Gasteiger partial charge in [0.15, 0.2) is 5.54 Å². The summed E-state index contributed by atoms with van der Waals surface area (Å²) in [6.07, 6.45) is 1.18. The molecule has 0 radical (unpaired) electrons. The Labute approximate surface area is 117 Å². The van der Waals surface area contributed by atoms with Crippen molar-refractivity contribution >= 4 is 5.69 Å². The van der Waals surface area contributed by atoms with Gasteiger partial charge in [0.2, 0.25) is 0 Å². The minimum absolute atomic E-state index is 0.217. The third-order valence-electron chi connectivity index (χ3n) is 3.90. The van der Waals surface area contributed by atoms with Gasteiger partial charge in [0.25, 0.3) is 0 Å². The maximum absolute atomic E-state index is 13.8. The van der Waals surface area contributed by atoms with E-state index in [2.05, 4.69) is 11.4 Å². The summed E-state index contributed by atoms with van der Waals surface area (Å²) in [4.78, 5) is 0. The topological polar surface area (TPSA) is 35.8 Å². The van der Waals surface area contributed by atoms with Gasteiger partial charge in [0.05, 0.1) is 6.07 Å². The Bertz CT molecular complexity index is 702. The normalized spacial score (nSPS) is 20.2. The van der Waals surface area contributed by atoms with Crippen molar-refractivity contribution in [2.24, 2.45) is 0 Å². The van der Waals surface area contributed by atoms with Gasteiger partial charge in [0.1, 0.15) is 5.82 Å². The number of nitriles is 1. The molecule has 20 heavy (non-hydrogen) atoms. The summed E-state index contributed by atoms with van der Waals surface area (Å²) in [5, 5.41) is 13.0. The molecular weight excluding hydrogens is 251 g/mol.